The summed E-state index contributed by atoms with van der Waals surface area (Å²) in [5, 5.41) is 11.4. The Morgan fingerprint density at radius 2 is 1.76 bits per heavy atom. The van der Waals surface area contributed by atoms with E-state index in [1.165, 1.54) is 5.01 Å². The number of rotatable bonds is 6. The predicted molar refractivity (Wildman–Crippen MR) is 131 cm³/mol. The van der Waals surface area contributed by atoms with Crippen molar-refractivity contribution in [3.8, 4) is 0 Å². The highest BCUT2D eigenvalue weighted by Gasteiger charge is 2.26. The number of nitrogens with zero attached hydrogens (tertiary/aromatic N) is 3. The van der Waals surface area contributed by atoms with Gasteiger partial charge in [-0.2, -0.15) is 5.10 Å². The lowest BCUT2D eigenvalue weighted by Crippen LogP contribution is -2.39. The van der Waals surface area contributed by atoms with Gasteiger partial charge >= 0.3 is 0 Å². The monoisotopic (exact) mass is 455 g/mol. The maximum atomic E-state index is 12.8. The molecule has 1 aliphatic rings. The number of amides is 3. The highest BCUT2D eigenvalue weighted by atomic mass is 16.2. The van der Waals surface area contributed by atoms with Gasteiger partial charge in [0.25, 0.3) is 11.8 Å². The van der Waals surface area contributed by atoms with Crippen LogP contribution in [0.1, 0.15) is 39.9 Å². The summed E-state index contributed by atoms with van der Waals surface area (Å²) in [7, 11) is 0. The molecule has 0 fully saturated rings. The van der Waals surface area contributed by atoms with E-state index in [1.807, 2.05) is 44.2 Å². The zero-order chi connectivity index (χ0) is 24.1. The summed E-state index contributed by atoms with van der Waals surface area (Å²) < 4.78 is 0. The van der Waals surface area contributed by atoms with E-state index in [9.17, 15) is 14.4 Å². The highest BCUT2D eigenvalue weighted by molar-refractivity contribution is 6.40. The number of hydrazone groups is 1. The van der Waals surface area contributed by atoms with Gasteiger partial charge in [0.05, 0.1) is 5.69 Å². The van der Waals surface area contributed by atoms with E-state index in [-0.39, 0.29) is 37.1 Å². The van der Waals surface area contributed by atoms with Gasteiger partial charge in [-0.3, -0.25) is 19.4 Å². The van der Waals surface area contributed by atoms with Crippen LogP contribution in [0.3, 0.4) is 0 Å². The molecule has 172 valence electrons. The summed E-state index contributed by atoms with van der Waals surface area (Å²) in [4.78, 5) is 41.6. The zero-order valence-corrected chi connectivity index (χ0v) is 19.0. The van der Waals surface area contributed by atoms with Crippen molar-refractivity contribution in [3.05, 3.63) is 89.2 Å². The number of anilines is 2. The van der Waals surface area contributed by atoms with Crippen molar-refractivity contribution in [2.75, 3.05) is 10.3 Å². The molecular formula is C26H25N5O3. The molecule has 1 aliphatic heterocycles. The van der Waals surface area contributed by atoms with E-state index < -0.39 is 0 Å². The maximum Gasteiger partial charge on any atom is 0.267 e. The third-order valence-corrected chi connectivity index (χ3v) is 5.47. The van der Waals surface area contributed by atoms with Crippen LogP contribution in [0.5, 0.6) is 0 Å². The summed E-state index contributed by atoms with van der Waals surface area (Å²) in [6.45, 7) is 4.11. The minimum atomic E-state index is -0.325. The molecule has 0 aliphatic carbocycles. The molecule has 3 aromatic rings. The van der Waals surface area contributed by atoms with Gasteiger partial charge in [0.2, 0.25) is 5.91 Å². The molecular weight excluding hydrogens is 430 g/mol. The predicted octanol–water partition coefficient (Wildman–Crippen LogP) is 3.75. The van der Waals surface area contributed by atoms with E-state index in [0.717, 1.165) is 16.7 Å². The Morgan fingerprint density at radius 3 is 2.56 bits per heavy atom. The Bertz CT molecular complexity index is 1270. The lowest BCUT2D eigenvalue weighted by molar-refractivity contribution is -0.119. The molecule has 34 heavy (non-hydrogen) atoms. The Balaban J connectivity index is 1.42. The zero-order valence-electron chi connectivity index (χ0n) is 19.0. The van der Waals surface area contributed by atoms with Crippen LogP contribution >= 0.6 is 0 Å². The highest BCUT2D eigenvalue weighted by Crippen LogP contribution is 2.25. The lowest BCUT2D eigenvalue weighted by Gasteiger charge is -2.24. The second-order valence-corrected chi connectivity index (χ2v) is 8.12. The minimum absolute atomic E-state index is 0.136. The number of hydrogen-bond acceptors (Lipinski definition) is 5. The van der Waals surface area contributed by atoms with Gasteiger partial charge < -0.3 is 10.6 Å². The van der Waals surface area contributed by atoms with Crippen molar-refractivity contribution in [2.24, 2.45) is 5.10 Å². The van der Waals surface area contributed by atoms with E-state index in [4.69, 9.17) is 0 Å². The van der Waals surface area contributed by atoms with E-state index in [0.29, 0.717) is 22.6 Å². The van der Waals surface area contributed by atoms with Crippen LogP contribution in [-0.4, -0.2) is 28.4 Å². The van der Waals surface area contributed by atoms with Crippen LogP contribution in [0.25, 0.3) is 0 Å². The van der Waals surface area contributed by atoms with Gasteiger partial charge in [-0.15, -0.1) is 0 Å². The first kappa shape index (κ1) is 22.8. The lowest BCUT2D eigenvalue weighted by atomic mass is 10.1. The Kier molecular flexibility index (Phi) is 6.77. The van der Waals surface area contributed by atoms with Gasteiger partial charge in [0.1, 0.15) is 5.71 Å². The van der Waals surface area contributed by atoms with Gasteiger partial charge in [-0.1, -0.05) is 24.3 Å². The van der Waals surface area contributed by atoms with Crippen LogP contribution in [-0.2, 0) is 16.1 Å². The third-order valence-electron chi connectivity index (χ3n) is 5.47. The average Bonchev–Trinajstić information content (AvgIpc) is 2.85. The Hall–Kier alpha value is -4.33. The summed E-state index contributed by atoms with van der Waals surface area (Å²) in [6.07, 6.45) is 3.62. The van der Waals surface area contributed by atoms with Gasteiger partial charge in [-0.25, -0.2) is 5.01 Å². The number of aromatic nitrogens is 1. The summed E-state index contributed by atoms with van der Waals surface area (Å²) in [6, 6.07) is 16.3. The molecule has 2 aromatic carbocycles. The van der Waals surface area contributed by atoms with Gasteiger partial charge in [-0.05, 0) is 60.9 Å². The SMILES string of the molecule is Cc1ccc(C)c(N2N=C(C(=O)NCc3cccc(NC(=O)c4ccncc4)c3)CCC2=O)c1. The molecule has 2 N–H and O–H groups in total. The summed E-state index contributed by atoms with van der Waals surface area (Å²) in [5.41, 5.74) is 4.86. The number of nitrogens with one attached hydrogen (secondary N) is 2. The van der Waals surface area contributed by atoms with Crippen LogP contribution in [0.4, 0.5) is 11.4 Å². The second kappa shape index (κ2) is 10.1. The average molecular weight is 456 g/mol. The molecule has 0 saturated heterocycles. The Labute approximate surface area is 197 Å². The number of carbonyl (C=O) groups is 3. The second-order valence-electron chi connectivity index (χ2n) is 8.12. The molecule has 0 unspecified atom stereocenters. The smallest absolute Gasteiger partial charge is 0.267 e. The Morgan fingerprint density at radius 1 is 0.971 bits per heavy atom. The van der Waals surface area contributed by atoms with Crippen LogP contribution in [0.15, 0.2) is 72.1 Å². The van der Waals surface area contributed by atoms with Gasteiger partial charge in [0.15, 0.2) is 0 Å². The molecule has 8 nitrogen and oxygen atoms in total. The van der Waals surface area contributed by atoms with Crippen molar-refractivity contribution in [2.45, 2.75) is 33.2 Å². The number of hydrogen-bond donors (Lipinski definition) is 2. The first-order valence-corrected chi connectivity index (χ1v) is 11.0. The number of pyridine rings is 1. The van der Waals surface area contributed by atoms with Gasteiger partial charge in [0, 0.05) is 43.0 Å². The molecule has 0 bridgehead atoms. The third kappa shape index (κ3) is 5.35. The maximum absolute atomic E-state index is 12.8. The number of aryl methyl sites for hydroxylation is 2. The molecule has 4 rings (SSSR count). The molecule has 1 aromatic heterocycles. The number of benzene rings is 2. The van der Waals surface area contributed by atoms with Crippen molar-refractivity contribution in [1.29, 1.82) is 0 Å². The molecule has 0 saturated carbocycles. The van der Waals surface area contributed by atoms with E-state index >= 15 is 0 Å². The van der Waals surface area contributed by atoms with E-state index in [2.05, 4.69) is 20.7 Å². The van der Waals surface area contributed by atoms with Crippen molar-refractivity contribution < 1.29 is 14.4 Å². The topological polar surface area (TPSA) is 104 Å². The van der Waals surface area contributed by atoms with Crippen molar-refractivity contribution >= 4 is 34.8 Å². The minimum Gasteiger partial charge on any atom is -0.347 e. The first-order chi connectivity index (χ1) is 16.4. The largest absolute Gasteiger partial charge is 0.347 e. The number of carbonyl (C=O) groups excluding carboxylic acids is 3. The van der Waals surface area contributed by atoms with Crippen molar-refractivity contribution in [3.63, 3.8) is 0 Å². The molecule has 2 heterocycles. The van der Waals surface area contributed by atoms with E-state index in [1.54, 1.807) is 36.7 Å². The molecule has 3 amide bonds. The quantitative estimate of drug-likeness (QED) is 0.591. The molecule has 0 spiro atoms. The van der Waals surface area contributed by atoms with Crippen LogP contribution in [0, 0.1) is 13.8 Å². The normalized spacial score (nSPS) is 13.3. The fourth-order valence-electron chi connectivity index (χ4n) is 3.60. The fraction of sp³-hybridized carbons (Fsp3) is 0.192. The van der Waals surface area contributed by atoms with Crippen LogP contribution < -0.4 is 15.6 Å². The standard InChI is InChI=1S/C26H25N5O3/c1-17-6-7-18(2)23(14-17)31-24(32)9-8-22(30-31)26(34)28-16-19-4-3-5-21(15-19)29-25(33)20-10-12-27-13-11-20/h3-7,10-15H,8-9,16H2,1-2H3,(H,28,34)(H,29,33). The molecule has 0 atom stereocenters. The molecule has 8 heteroatoms. The summed E-state index contributed by atoms with van der Waals surface area (Å²) >= 11 is 0. The summed E-state index contributed by atoms with van der Waals surface area (Å²) in [5.74, 6) is -0.701. The fourth-order valence-corrected chi connectivity index (χ4v) is 3.60. The van der Waals surface area contributed by atoms with Crippen LogP contribution in [0.2, 0.25) is 0 Å². The first-order valence-electron chi connectivity index (χ1n) is 11.0. The van der Waals surface area contributed by atoms with Crippen molar-refractivity contribution in [1.82, 2.24) is 10.3 Å². The molecule has 0 radical (unpaired) electrons.